The van der Waals surface area contributed by atoms with E-state index in [1.807, 2.05) is 41.8 Å². The molecular formula is C17H21N5OS. The van der Waals surface area contributed by atoms with Gasteiger partial charge in [0.1, 0.15) is 0 Å². The van der Waals surface area contributed by atoms with E-state index in [4.69, 9.17) is 0 Å². The van der Waals surface area contributed by atoms with Crippen LogP contribution in [0.15, 0.2) is 23.2 Å². The highest BCUT2D eigenvalue weighted by atomic mass is 32.2. The maximum atomic E-state index is 12.9. The third kappa shape index (κ3) is 2.77. The topological polar surface area (TPSA) is 64.6 Å². The molecule has 24 heavy (non-hydrogen) atoms. The summed E-state index contributed by atoms with van der Waals surface area (Å²) in [7, 11) is 0. The molecule has 1 unspecified atom stereocenters. The number of hydrogen-bond donors (Lipinski definition) is 1. The van der Waals surface area contributed by atoms with Crippen LogP contribution in [0.25, 0.3) is 10.9 Å². The van der Waals surface area contributed by atoms with Gasteiger partial charge in [0.05, 0.1) is 12.1 Å². The maximum Gasteiger partial charge on any atom is 0.275 e. The fourth-order valence-electron chi connectivity index (χ4n) is 3.18. The van der Waals surface area contributed by atoms with E-state index in [0.29, 0.717) is 24.0 Å². The van der Waals surface area contributed by atoms with Crippen LogP contribution in [0, 0.1) is 6.92 Å². The van der Waals surface area contributed by atoms with E-state index < -0.39 is 0 Å². The van der Waals surface area contributed by atoms with E-state index in [1.54, 1.807) is 0 Å². The molecule has 0 saturated carbocycles. The summed E-state index contributed by atoms with van der Waals surface area (Å²) in [6, 6.07) is 6.02. The predicted molar refractivity (Wildman–Crippen MR) is 97.7 cm³/mol. The Morgan fingerprint density at radius 1 is 1.29 bits per heavy atom. The molecule has 1 aromatic heterocycles. The zero-order valence-electron chi connectivity index (χ0n) is 14.0. The number of carbonyl (C=O) groups is 1. The van der Waals surface area contributed by atoms with Crippen molar-refractivity contribution >= 4 is 33.7 Å². The zero-order valence-corrected chi connectivity index (χ0v) is 14.8. The minimum atomic E-state index is 0.0147. The first kappa shape index (κ1) is 15.5. The molecule has 1 atom stereocenters. The van der Waals surface area contributed by atoms with Gasteiger partial charge < -0.3 is 9.80 Å². The lowest BCUT2D eigenvalue weighted by Crippen LogP contribution is -2.50. The number of rotatable bonds is 1. The number of aromatic amines is 1. The molecule has 1 aromatic carbocycles. The molecule has 0 aliphatic carbocycles. The number of piperazine rings is 1. The maximum absolute atomic E-state index is 12.9. The number of amidine groups is 1. The molecule has 4 rings (SSSR count). The van der Waals surface area contributed by atoms with Gasteiger partial charge in [0.25, 0.3) is 5.91 Å². The van der Waals surface area contributed by atoms with Crippen molar-refractivity contribution in [3.8, 4) is 0 Å². The first-order chi connectivity index (χ1) is 11.6. The number of amides is 1. The number of hydrogen-bond acceptors (Lipinski definition) is 5. The van der Waals surface area contributed by atoms with Crippen LogP contribution in [-0.4, -0.2) is 69.0 Å². The largest absolute Gasteiger partial charge is 0.348 e. The number of carbonyl (C=O) groups excluding carboxylic acids is 1. The smallest absolute Gasteiger partial charge is 0.275 e. The Kier molecular flexibility index (Phi) is 3.96. The minimum Gasteiger partial charge on any atom is -0.348 e. The van der Waals surface area contributed by atoms with Crippen molar-refractivity contribution < 1.29 is 4.79 Å². The Labute approximate surface area is 145 Å². The van der Waals surface area contributed by atoms with Crippen LogP contribution in [0.2, 0.25) is 0 Å². The summed E-state index contributed by atoms with van der Waals surface area (Å²) >= 11 is 1.84. The Bertz CT molecular complexity index is 806. The van der Waals surface area contributed by atoms with E-state index in [-0.39, 0.29) is 5.91 Å². The Hall–Kier alpha value is -2.02. The fraction of sp³-hybridized carbons (Fsp3) is 0.471. The van der Waals surface area contributed by atoms with Crippen LogP contribution >= 0.6 is 11.8 Å². The van der Waals surface area contributed by atoms with Gasteiger partial charge >= 0.3 is 0 Å². The second-order valence-corrected chi connectivity index (χ2v) is 7.86. The normalized spacial score (nSPS) is 21.4. The monoisotopic (exact) mass is 343 g/mol. The van der Waals surface area contributed by atoms with Crippen LogP contribution in [0.5, 0.6) is 0 Å². The van der Waals surface area contributed by atoms with E-state index in [0.717, 1.165) is 41.3 Å². The number of benzene rings is 1. The third-order valence-electron chi connectivity index (χ3n) is 4.55. The number of aromatic nitrogens is 2. The number of aliphatic imine (C=N–C) groups is 1. The quantitative estimate of drug-likeness (QED) is 0.861. The van der Waals surface area contributed by atoms with Crippen molar-refractivity contribution in [3.05, 3.63) is 29.5 Å². The average molecular weight is 343 g/mol. The second-order valence-electron chi connectivity index (χ2n) is 6.45. The molecule has 1 saturated heterocycles. The van der Waals surface area contributed by atoms with Gasteiger partial charge in [-0.25, -0.2) is 0 Å². The fourth-order valence-corrected chi connectivity index (χ4v) is 4.17. The lowest BCUT2D eigenvalue weighted by atomic mass is 10.1. The Morgan fingerprint density at radius 3 is 2.79 bits per heavy atom. The minimum absolute atomic E-state index is 0.0147. The van der Waals surface area contributed by atoms with Crippen molar-refractivity contribution in [2.75, 3.05) is 32.7 Å². The lowest BCUT2D eigenvalue weighted by Gasteiger charge is -2.35. The Balaban J connectivity index is 1.47. The standard InChI is InChI=1S/C17H21N5OS/c1-11-3-4-14-13(9-11)15(20-19-14)16(23)21-5-7-22(8-6-21)17-18-10-12(2)24-17/h3-4,9,12H,5-8,10H2,1-2H3,(H,19,20). The van der Waals surface area contributed by atoms with Gasteiger partial charge in [-0.3, -0.25) is 14.9 Å². The summed E-state index contributed by atoms with van der Waals surface area (Å²) in [6.45, 7) is 8.24. The molecule has 1 fully saturated rings. The number of nitrogens with zero attached hydrogens (tertiary/aromatic N) is 4. The van der Waals surface area contributed by atoms with E-state index in [1.165, 1.54) is 0 Å². The molecule has 2 aliphatic heterocycles. The van der Waals surface area contributed by atoms with Crippen molar-refractivity contribution in [2.24, 2.45) is 4.99 Å². The summed E-state index contributed by atoms with van der Waals surface area (Å²) in [5.74, 6) is 0.0147. The molecule has 3 heterocycles. The number of H-pyrrole nitrogens is 1. The number of nitrogens with one attached hydrogen (secondary N) is 1. The number of fused-ring (bicyclic) bond motifs is 1. The summed E-state index contributed by atoms with van der Waals surface area (Å²) in [6.07, 6.45) is 0. The zero-order chi connectivity index (χ0) is 16.7. The van der Waals surface area contributed by atoms with Gasteiger partial charge in [0.2, 0.25) is 0 Å². The second kappa shape index (κ2) is 6.12. The van der Waals surface area contributed by atoms with Crippen LogP contribution < -0.4 is 0 Å². The first-order valence-corrected chi connectivity index (χ1v) is 9.20. The van der Waals surface area contributed by atoms with E-state index in [2.05, 4.69) is 27.0 Å². The van der Waals surface area contributed by atoms with Gasteiger partial charge in [-0.1, -0.05) is 30.3 Å². The highest BCUT2D eigenvalue weighted by molar-refractivity contribution is 8.14. The van der Waals surface area contributed by atoms with Crippen LogP contribution in [0.1, 0.15) is 23.0 Å². The van der Waals surface area contributed by atoms with Crippen LogP contribution in [0.3, 0.4) is 0 Å². The van der Waals surface area contributed by atoms with Gasteiger partial charge in [0.15, 0.2) is 10.9 Å². The van der Waals surface area contributed by atoms with Crippen molar-refractivity contribution in [1.82, 2.24) is 20.0 Å². The molecule has 2 aliphatic rings. The highest BCUT2D eigenvalue weighted by Gasteiger charge is 2.28. The van der Waals surface area contributed by atoms with Gasteiger partial charge in [-0.15, -0.1) is 0 Å². The summed E-state index contributed by atoms with van der Waals surface area (Å²) in [4.78, 5) is 21.6. The lowest BCUT2D eigenvalue weighted by molar-refractivity contribution is 0.0689. The predicted octanol–water partition coefficient (Wildman–Crippen LogP) is 2.12. The molecule has 6 nitrogen and oxygen atoms in total. The summed E-state index contributed by atoms with van der Waals surface area (Å²) in [5, 5.41) is 9.84. The van der Waals surface area contributed by atoms with E-state index >= 15 is 0 Å². The molecule has 0 radical (unpaired) electrons. The van der Waals surface area contributed by atoms with Crippen molar-refractivity contribution in [2.45, 2.75) is 19.1 Å². The van der Waals surface area contributed by atoms with Crippen molar-refractivity contribution in [1.29, 1.82) is 0 Å². The Morgan fingerprint density at radius 2 is 2.08 bits per heavy atom. The molecule has 1 amide bonds. The SMILES string of the molecule is Cc1ccc2[nH]nc(C(=O)N3CCN(C4=NCC(C)S4)CC3)c2c1. The molecule has 0 bridgehead atoms. The molecule has 0 spiro atoms. The van der Waals surface area contributed by atoms with Gasteiger partial charge in [-0.05, 0) is 19.1 Å². The highest BCUT2D eigenvalue weighted by Crippen LogP contribution is 2.24. The van der Waals surface area contributed by atoms with Gasteiger partial charge in [0, 0.05) is 36.8 Å². The average Bonchev–Trinajstić information content (AvgIpc) is 3.20. The molecule has 126 valence electrons. The van der Waals surface area contributed by atoms with Crippen LogP contribution in [0.4, 0.5) is 0 Å². The molecular weight excluding hydrogens is 322 g/mol. The molecule has 2 aromatic rings. The van der Waals surface area contributed by atoms with Crippen molar-refractivity contribution in [3.63, 3.8) is 0 Å². The van der Waals surface area contributed by atoms with Gasteiger partial charge in [-0.2, -0.15) is 5.10 Å². The number of thioether (sulfide) groups is 1. The number of aryl methyl sites for hydroxylation is 1. The first-order valence-electron chi connectivity index (χ1n) is 8.32. The van der Waals surface area contributed by atoms with Crippen LogP contribution in [-0.2, 0) is 0 Å². The van der Waals surface area contributed by atoms with E-state index in [9.17, 15) is 4.79 Å². The summed E-state index contributed by atoms with van der Waals surface area (Å²) < 4.78 is 0. The summed E-state index contributed by atoms with van der Waals surface area (Å²) in [5.41, 5.74) is 2.57. The molecule has 1 N–H and O–H groups in total. The molecule has 7 heteroatoms. The third-order valence-corrected chi connectivity index (χ3v) is 5.70.